The Morgan fingerprint density at radius 3 is 1.44 bits per heavy atom. The fourth-order valence-corrected chi connectivity index (χ4v) is 0. The fourth-order valence-electron chi connectivity index (χ4n) is 0. The van der Waals surface area contributed by atoms with E-state index >= 15 is 0 Å². The molecule has 0 rings (SSSR count). The molecule has 0 aromatic heterocycles. The number of nitrogens with two attached hydrogens (primary N) is 3. The Bertz CT molecular complexity index is 98.5. The molecule has 0 fully saturated rings. The maximum absolute atomic E-state index is 9.24. The monoisotopic (exact) mass is 135 g/mol. The number of hydrogen-bond acceptors (Lipinski definition) is 3. The Kier molecular flexibility index (Phi) is 7.92. The zero-order chi connectivity index (χ0) is 7.86. The smallest absolute Gasteiger partial charge is 0.317 e. The lowest BCUT2D eigenvalue weighted by atomic mass is 10.7. The number of amides is 2. The molecule has 0 aromatic carbocycles. The van der Waals surface area contributed by atoms with Crippen molar-refractivity contribution in [2.75, 3.05) is 6.54 Å². The Morgan fingerprint density at radius 1 is 1.33 bits per heavy atom. The topological polar surface area (TPSA) is 132 Å². The van der Waals surface area contributed by atoms with Crippen molar-refractivity contribution in [3.05, 3.63) is 0 Å². The lowest BCUT2D eigenvalue weighted by Gasteiger charge is -1.73. The van der Waals surface area contributed by atoms with E-state index in [-0.39, 0.29) is 6.54 Å². The summed E-state index contributed by atoms with van der Waals surface area (Å²) >= 11 is 0. The molecule has 0 unspecified atom stereocenters. The van der Waals surface area contributed by atoms with Crippen LogP contribution in [0.2, 0.25) is 0 Å². The van der Waals surface area contributed by atoms with Gasteiger partial charge in [-0.2, -0.15) is 0 Å². The lowest BCUT2D eigenvalue weighted by Crippen LogP contribution is -2.18. The van der Waals surface area contributed by atoms with Gasteiger partial charge in [0.15, 0.2) is 0 Å². The molecular formula is C3H9N3O3. The number of carboxylic acids is 1. The van der Waals surface area contributed by atoms with Gasteiger partial charge in [-0.3, -0.25) is 4.79 Å². The van der Waals surface area contributed by atoms with Gasteiger partial charge >= 0.3 is 12.0 Å². The van der Waals surface area contributed by atoms with Gasteiger partial charge in [-0.15, -0.1) is 0 Å². The molecule has 0 aliphatic heterocycles. The molecule has 7 N–H and O–H groups in total. The van der Waals surface area contributed by atoms with Crippen LogP contribution in [0.15, 0.2) is 0 Å². The minimum absolute atomic E-state index is 0.278. The molecule has 0 bridgehead atoms. The highest BCUT2D eigenvalue weighted by molar-refractivity contribution is 5.69. The van der Waals surface area contributed by atoms with Gasteiger partial charge in [0.05, 0.1) is 6.54 Å². The van der Waals surface area contributed by atoms with E-state index in [1.165, 1.54) is 0 Å². The second kappa shape index (κ2) is 6.70. The van der Waals surface area contributed by atoms with Crippen molar-refractivity contribution < 1.29 is 14.7 Å². The molecule has 0 heterocycles. The molecule has 6 nitrogen and oxygen atoms in total. The minimum Gasteiger partial charge on any atom is -0.480 e. The molecule has 0 atom stereocenters. The zero-order valence-electron chi connectivity index (χ0n) is 4.70. The molecule has 0 saturated carbocycles. The molecule has 0 spiro atoms. The van der Waals surface area contributed by atoms with Crippen LogP contribution in [0.1, 0.15) is 0 Å². The molecule has 0 aromatic rings. The van der Waals surface area contributed by atoms with Gasteiger partial charge in [0, 0.05) is 0 Å². The number of hydrogen-bond donors (Lipinski definition) is 4. The summed E-state index contributed by atoms with van der Waals surface area (Å²) in [5.41, 5.74) is 13.1. The van der Waals surface area contributed by atoms with Gasteiger partial charge in [-0.25, -0.2) is 4.79 Å². The van der Waals surface area contributed by atoms with Crippen LogP contribution in [-0.4, -0.2) is 23.7 Å². The maximum Gasteiger partial charge on any atom is 0.317 e. The summed E-state index contributed by atoms with van der Waals surface area (Å²) in [4.78, 5) is 18.2. The fraction of sp³-hybridized carbons (Fsp3) is 0.333. The normalized spacial score (nSPS) is 6.78. The third-order valence-electron chi connectivity index (χ3n) is 0.175. The minimum atomic E-state index is -0.968. The van der Waals surface area contributed by atoms with Crippen molar-refractivity contribution in [1.29, 1.82) is 0 Å². The second-order valence-corrected chi connectivity index (χ2v) is 1.00. The van der Waals surface area contributed by atoms with E-state index < -0.39 is 12.0 Å². The standard InChI is InChI=1S/C2H5NO2.CH4N2O/c3-1-2(4)5;2-1(3)4/h1,3H2,(H,4,5);(H4,2,3,4). The summed E-state index contributed by atoms with van der Waals surface area (Å²) in [6, 6.07) is -0.833. The first kappa shape index (κ1) is 10.6. The molecule has 0 aliphatic rings. The number of aliphatic carboxylic acids is 1. The van der Waals surface area contributed by atoms with Crippen LogP contribution in [0.25, 0.3) is 0 Å². The van der Waals surface area contributed by atoms with E-state index in [2.05, 4.69) is 17.2 Å². The van der Waals surface area contributed by atoms with Gasteiger partial charge in [0.25, 0.3) is 0 Å². The van der Waals surface area contributed by atoms with Crippen molar-refractivity contribution in [2.45, 2.75) is 0 Å². The SMILES string of the molecule is NC(N)=O.NCC(=O)O. The number of rotatable bonds is 1. The predicted molar refractivity (Wildman–Crippen MR) is 30.5 cm³/mol. The predicted octanol–water partition coefficient (Wildman–Crippen LogP) is -1.95. The molecule has 2 amide bonds. The van der Waals surface area contributed by atoms with Gasteiger partial charge in [-0.05, 0) is 0 Å². The molecule has 6 heteroatoms. The summed E-state index contributed by atoms with van der Waals surface area (Å²) in [5, 5.41) is 7.60. The number of urea groups is 1. The molecule has 9 heavy (non-hydrogen) atoms. The van der Waals surface area contributed by atoms with E-state index in [0.29, 0.717) is 0 Å². The Morgan fingerprint density at radius 2 is 1.44 bits per heavy atom. The van der Waals surface area contributed by atoms with Crippen molar-refractivity contribution in [3.63, 3.8) is 0 Å². The summed E-state index contributed by atoms with van der Waals surface area (Å²) in [5.74, 6) is -0.968. The van der Waals surface area contributed by atoms with Crippen molar-refractivity contribution in [3.8, 4) is 0 Å². The third kappa shape index (κ3) is 302. The Balaban J connectivity index is 0. The highest BCUT2D eigenvalue weighted by atomic mass is 16.4. The van der Waals surface area contributed by atoms with Gasteiger partial charge < -0.3 is 22.3 Å². The average Bonchev–Trinajstić information content (AvgIpc) is 1.65. The van der Waals surface area contributed by atoms with Crippen LogP contribution in [-0.2, 0) is 4.79 Å². The summed E-state index contributed by atoms with van der Waals surface area (Å²) < 4.78 is 0. The number of primary amides is 2. The second-order valence-electron chi connectivity index (χ2n) is 1.00. The van der Waals surface area contributed by atoms with Crippen molar-refractivity contribution in [2.24, 2.45) is 17.2 Å². The van der Waals surface area contributed by atoms with Crippen LogP contribution in [0.5, 0.6) is 0 Å². The van der Waals surface area contributed by atoms with E-state index in [1.54, 1.807) is 0 Å². The number of carbonyl (C=O) groups is 2. The number of carbonyl (C=O) groups excluding carboxylic acids is 1. The third-order valence-corrected chi connectivity index (χ3v) is 0.175. The largest absolute Gasteiger partial charge is 0.480 e. The molecule has 0 saturated heterocycles. The van der Waals surface area contributed by atoms with E-state index in [9.17, 15) is 4.79 Å². The Labute approximate surface area is 51.6 Å². The van der Waals surface area contributed by atoms with Crippen LogP contribution in [0, 0.1) is 0 Å². The average molecular weight is 135 g/mol. The first-order valence-corrected chi connectivity index (χ1v) is 1.97. The highest BCUT2D eigenvalue weighted by Gasteiger charge is 1.81. The first-order chi connectivity index (χ1) is 4.00. The molecule has 54 valence electrons. The molecule has 0 radical (unpaired) electrons. The van der Waals surface area contributed by atoms with E-state index in [4.69, 9.17) is 9.90 Å². The van der Waals surface area contributed by atoms with Gasteiger partial charge in [0.2, 0.25) is 0 Å². The van der Waals surface area contributed by atoms with Crippen LogP contribution >= 0.6 is 0 Å². The van der Waals surface area contributed by atoms with Crippen LogP contribution in [0.4, 0.5) is 4.79 Å². The van der Waals surface area contributed by atoms with E-state index in [0.717, 1.165) is 0 Å². The lowest BCUT2D eigenvalue weighted by molar-refractivity contribution is -0.135. The Hall–Kier alpha value is -1.30. The maximum atomic E-state index is 9.24. The molecular weight excluding hydrogens is 126 g/mol. The van der Waals surface area contributed by atoms with Crippen LogP contribution < -0.4 is 17.2 Å². The zero-order valence-corrected chi connectivity index (χ0v) is 4.70. The van der Waals surface area contributed by atoms with Gasteiger partial charge in [0.1, 0.15) is 0 Å². The number of carboxylic acid groups (broad SMARTS) is 1. The summed E-state index contributed by atoms with van der Waals surface area (Å²) in [6.07, 6.45) is 0. The quantitative estimate of drug-likeness (QED) is 0.332. The molecule has 0 aliphatic carbocycles. The summed E-state index contributed by atoms with van der Waals surface area (Å²) in [6.45, 7) is -0.278. The first-order valence-electron chi connectivity index (χ1n) is 1.97. The van der Waals surface area contributed by atoms with Gasteiger partial charge in [-0.1, -0.05) is 0 Å². The van der Waals surface area contributed by atoms with E-state index in [1.807, 2.05) is 0 Å². The highest BCUT2D eigenvalue weighted by Crippen LogP contribution is 1.43. The van der Waals surface area contributed by atoms with Crippen LogP contribution in [0.3, 0.4) is 0 Å². The van der Waals surface area contributed by atoms with Crippen molar-refractivity contribution >= 4 is 12.0 Å². The summed E-state index contributed by atoms with van der Waals surface area (Å²) in [7, 11) is 0. The van der Waals surface area contributed by atoms with Crippen molar-refractivity contribution in [1.82, 2.24) is 0 Å².